The van der Waals surface area contributed by atoms with Crippen LogP contribution in [0.4, 0.5) is 5.69 Å². The number of hydrogen-bond donors (Lipinski definition) is 0. The number of aromatic nitrogens is 1. The van der Waals surface area contributed by atoms with E-state index in [-0.39, 0.29) is 40.0 Å². The van der Waals surface area contributed by atoms with Gasteiger partial charge in [0.2, 0.25) is 0 Å². The second kappa shape index (κ2) is 10.2. The first-order valence-electron chi connectivity index (χ1n) is 11.6. The molecular formula is C27H20ClN3O6S. The number of esters is 1. The SMILES string of the molecule is CCOC(=O)C1=C(C)N=c2s/c(=C\c3ccccc3)c(=O)n2[C@H]1c1ccc(-c2cc([N+](=O)[O-])ccc2Cl)o1. The number of rotatable bonds is 6. The smallest absolute Gasteiger partial charge is 0.338 e. The number of non-ortho nitro benzene ring substituents is 1. The van der Waals surface area contributed by atoms with Crippen LogP contribution in [0.25, 0.3) is 17.4 Å². The second-order valence-electron chi connectivity index (χ2n) is 8.34. The van der Waals surface area contributed by atoms with Gasteiger partial charge in [0.1, 0.15) is 17.6 Å². The van der Waals surface area contributed by atoms with Crippen molar-refractivity contribution in [3.63, 3.8) is 0 Å². The van der Waals surface area contributed by atoms with Gasteiger partial charge in [0.25, 0.3) is 11.2 Å². The fourth-order valence-electron chi connectivity index (χ4n) is 4.22. The third-order valence-electron chi connectivity index (χ3n) is 5.94. The van der Waals surface area contributed by atoms with Gasteiger partial charge in [0, 0.05) is 17.7 Å². The van der Waals surface area contributed by atoms with Crippen LogP contribution < -0.4 is 14.9 Å². The van der Waals surface area contributed by atoms with Gasteiger partial charge in [0.15, 0.2) is 4.80 Å². The lowest BCUT2D eigenvalue weighted by atomic mass is 10.0. The van der Waals surface area contributed by atoms with Gasteiger partial charge < -0.3 is 9.15 Å². The first-order chi connectivity index (χ1) is 18.3. The summed E-state index contributed by atoms with van der Waals surface area (Å²) >= 11 is 7.52. The summed E-state index contributed by atoms with van der Waals surface area (Å²) in [5.41, 5.74) is 1.21. The molecule has 0 fully saturated rings. The molecule has 0 amide bonds. The lowest BCUT2D eigenvalue weighted by molar-refractivity contribution is -0.384. The van der Waals surface area contributed by atoms with Gasteiger partial charge in [-0.25, -0.2) is 9.79 Å². The lowest BCUT2D eigenvalue weighted by Gasteiger charge is -2.22. The largest absolute Gasteiger partial charge is 0.463 e. The molecule has 0 saturated carbocycles. The first kappa shape index (κ1) is 25.4. The van der Waals surface area contributed by atoms with Crippen LogP contribution in [0.3, 0.4) is 0 Å². The van der Waals surface area contributed by atoms with E-state index < -0.39 is 16.9 Å². The fourth-order valence-corrected chi connectivity index (χ4v) is 5.48. The molecule has 0 spiro atoms. The number of allylic oxidation sites excluding steroid dienone is 1. The Labute approximate surface area is 224 Å². The minimum atomic E-state index is -0.963. The van der Waals surface area contributed by atoms with Gasteiger partial charge >= 0.3 is 5.97 Å². The number of halogens is 1. The van der Waals surface area contributed by atoms with Crippen molar-refractivity contribution in [1.82, 2.24) is 4.57 Å². The molecule has 0 radical (unpaired) electrons. The quantitative estimate of drug-likeness (QED) is 0.197. The van der Waals surface area contributed by atoms with Crippen LogP contribution in [-0.4, -0.2) is 22.1 Å². The highest BCUT2D eigenvalue weighted by molar-refractivity contribution is 7.07. The number of benzene rings is 2. The number of hydrogen-bond acceptors (Lipinski definition) is 8. The summed E-state index contributed by atoms with van der Waals surface area (Å²) < 4.78 is 13.3. The number of nitrogens with zero attached hydrogens (tertiary/aromatic N) is 3. The average Bonchev–Trinajstić information content (AvgIpc) is 3.49. The summed E-state index contributed by atoms with van der Waals surface area (Å²) in [6, 6.07) is 15.7. The Bertz CT molecular complexity index is 1780. The van der Waals surface area contributed by atoms with E-state index in [4.69, 9.17) is 20.8 Å². The van der Waals surface area contributed by atoms with Crippen molar-refractivity contribution in [3.8, 4) is 11.3 Å². The highest BCUT2D eigenvalue weighted by Crippen LogP contribution is 2.37. The van der Waals surface area contributed by atoms with Crippen LogP contribution >= 0.6 is 22.9 Å². The molecular weight excluding hydrogens is 530 g/mol. The minimum Gasteiger partial charge on any atom is -0.463 e. The average molecular weight is 550 g/mol. The number of fused-ring (bicyclic) bond motifs is 1. The Hall–Kier alpha value is -4.28. The molecule has 38 heavy (non-hydrogen) atoms. The molecule has 2 aromatic carbocycles. The first-order valence-corrected chi connectivity index (χ1v) is 12.8. The number of ether oxygens (including phenoxy) is 1. The summed E-state index contributed by atoms with van der Waals surface area (Å²) in [4.78, 5) is 42.4. The monoisotopic (exact) mass is 549 g/mol. The Morgan fingerprint density at radius 2 is 2.00 bits per heavy atom. The van der Waals surface area contributed by atoms with E-state index in [1.165, 1.54) is 34.1 Å². The molecule has 0 unspecified atom stereocenters. The molecule has 3 heterocycles. The number of thiazole rings is 1. The predicted molar refractivity (Wildman–Crippen MR) is 143 cm³/mol. The standard InChI is InChI=1S/C27H20ClN3O6S/c1-3-36-26(33)23-15(2)29-27-30(25(32)22(38-27)13-16-7-5-4-6-8-16)24(23)21-12-11-20(37-21)18-14-17(31(34)35)9-10-19(18)28/h4-14,24H,3H2,1-2H3/b22-13-/t24-/m0/s1. The van der Waals surface area contributed by atoms with Crippen LogP contribution in [0.15, 0.2) is 86.1 Å². The third kappa shape index (κ3) is 4.59. The summed E-state index contributed by atoms with van der Waals surface area (Å²) in [7, 11) is 0. The van der Waals surface area contributed by atoms with Crippen molar-refractivity contribution in [2.24, 2.45) is 4.99 Å². The third-order valence-corrected chi connectivity index (χ3v) is 7.25. The maximum absolute atomic E-state index is 13.7. The van der Waals surface area contributed by atoms with Crippen molar-refractivity contribution < 1.29 is 18.9 Å². The van der Waals surface area contributed by atoms with Gasteiger partial charge in [-0.3, -0.25) is 19.5 Å². The van der Waals surface area contributed by atoms with Crippen LogP contribution in [0, 0.1) is 10.1 Å². The van der Waals surface area contributed by atoms with Crippen molar-refractivity contribution in [2.45, 2.75) is 19.9 Å². The summed E-state index contributed by atoms with van der Waals surface area (Å²) in [6.07, 6.45) is 1.76. The van der Waals surface area contributed by atoms with E-state index in [9.17, 15) is 19.7 Å². The number of carbonyl (C=O) groups excluding carboxylic acids is 1. The van der Waals surface area contributed by atoms with E-state index in [1.54, 1.807) is 32.1 Å². The Balaban J connectivity index is 1.70. The Kier molecular flexibility index (Phi) is 6.83. The van der Waals surface area contributed by atoms with E-state index >= 15 is 0 Å². The summed E-state index contributed by atoms with van der Waals surface area (Å²) in [5.74, 6) is -0.118. The van der Waals surface area contributed by atoms with E-state index in [1.807, 2.05) is 30.3 Å². The number of carbonyl (C=O) groups is 1. The molecule has 5 rings (SSSR count). The lowest BCUT2D eigenvalue weighted by Crippen LogP contribution is -2.39. The number of nitro groups is 1. The van der Waals surface area contributed by atoms with Crippen LogP contribution in [0.5, 0.6) is 0 Å². The minimum absolute atomic E-state index is 0.132. The summed E-state index contributed by atoms with van der Waals surface area (Å²) in [5, 5.41) is 11.5. The molecule has 0 saturated heterocycles. The normalized spacial score (nSPS) is 15.2. The zero-order chi connectivity index (χ0) is 27.0. The number of furan rings is 1. The van der Waals surface area contributed by atoms with Gasteiger partial charge in [-0.05, 0) is 43.7 Å². The molecule has 192 valence electrons. The molecule has 1 aliphatic heterocycles. The molecule has 2 aromatic heterocycles. The van der Waals surface area contributed by atoms with Crippen LogP contribution in [0.2, 0.25) is 5.02 Å². The second-order valence-corrected chi connectivity index (χ2v) is 9.75. The van der Waals surface area contributed by atoms with E-state index in [0.717, 1.165) is 5.56 Å². The van der Waals surface area contributed by atoms with E-state index in [0.29, 0.717) is 20.6 Å². The highest BCUT2D eigenvalue weighted by Gasteiger charge is 2.35. The zero-order valence-corrected chi connectivity index (χ0v) is 21.8. The molecule has 9 nitrogen and oxygen atoms in total. The predicted octanol–water partition coefficient (Wildman–Crippen LogP) is 4.62. The van der Waals surface area contributed by atoms with Crippen molar-refractivity contribution in [2.75, 3.05) is 6.61 Å². The van der Waals surface area contributed by atoms with Gasteiger partial charge in [0.05, 0.1) is 32.4 Å². The molecule has 0 bridgehead atoms. The highest BCUT2D eigenvalue weighted by atomic mass is 35.5. The Morgan fingerprint density at radius 1 is 1.24 bits per heavy atom. The molecule has 1 atom stereocenters. The summed E-state index contributed by atoms with van der Waals surface area (Å²) in [6.45, 7) is 3.50. The van der Waals surface area contributed by atoms with Crippen molar-refractivity contribution >= 4 is 40.7 Å². The maximum Gasteiger partial charge on any atom is 0.338 e. The molecule has 0 N–H and O–H groups in total. The zero-order valence-electron chi connectivity index (χ0n) is 20.2. The number of nitro benzene ring substituents is 1. The van der Waals surface area contributed by atoms with Crippen LogP contribution in [0.1, 0.15) is 31.2 Å². The fraction of sp³-hybridized carbons (Fsp3) is 0.148. The topological polar surface area (TPSA) is 117 Å². The molecule has 4 aromatic rings. The van der Waals surface area contributed by atoms with Crippen LogP contribution in [-0.2, 0) is 9.53 Å². The molecule has 1 aliphatic rings. The molecule has 0 aliphatic carbocycles. The van der Waals surface area contributed by atoms with Gasteiger partial charge in [-0.15, -0.1) is 0 Å². The van der Waals surface area contributed by atoms with E-state index in [2.05, 4.69) is 4.99 Å². The van der Waals surface area contributed by atoms with Crippen molar-refractivity contribution in [3.05, 3.63) is 118 Å². The van der Waals surface area contributed by atoms with Gasteiger partial charge in [-0.2, -0.15) is 0 Å². The molecule has 11 heteroatoms. The Morgan fingerprint density at radius 3 is 2.71 bits per heavy atom. The maximum atomic E-state index is 13.7. The van der Waals surface area contributed by atoms with Crippen molar-refractivity contribution in [1.29, 1.82) is 0 Å². The van der Waals surface area contributed by atoms with Gasteiger partial charge in [-0.1, -0.05) is 53.3 Å².